The zero-order chi connectivity index (χ0) is 55.0. The molecule has 0 aliphatic heterocycles. The lowest BCUT2D eigenvalue weighted by Crippen LogP contribution is -2.30. The summed E-state index contributed by atoms with van der Waals surface area (Å²) in [6, 6.07) is 0. The summed E-state index contributed by atoms with van der Waals surface area (Å²) >= 11 is 0. The molecule has 444 valence electrons. The molecule has 0 radical (unpaired) electrons. The third-order valence-electron chi connectivity index (χ3n) is 15.1. The van der Waals surface area contributed by atoms with Gasteiger partial charge in [-0.15, -0.1) is 0 Å². The van der Waals surface area contributed by atoms with Gasteiger partial charge >= 0.3 is 17.9 Å². The average molecular weight is 1070 g/mol. The lowest BCUT2D eigenvalue weighted by molar-refractivity contribution is -0.166. The Balaban J connectivity index is 4.15. The van der Waals surface area contributed by atoms with Gasteiger partial charge in [0.2, 0.25) is 0 Å². The predicted molar refractivity (Wildman–Crippen MR) is 330 cm³/mol. The van der Waals surface area contributed by atoms with Gasteiger partial charge in [-0.3, -0.25) is 14.4 Å². The minimum Gasteiger partial charge on any atom is -0.462 e. The van der Waals surface area contributed by atoms with Gasteiger partial charge in [-0.2, -0.15) is 0 Å². The van der Waals surface area contributed by atoms with Gasteiger partial charge in [0.25, 0.3) is 0 Å². The first kappa shape index (κ1) is 73.4. The van der Waals surface area contributed by atoms with Crippen molar-refractivity contribution < 1.29 is 28.6 Å². The molecule has 1 atom stereocenters. The monoisotopic (exact) mass is 1060 g/mol. The third-order valence-corrected chi connectivity index (χ3v) is 15.1. The number of ether oxygens (including phenoxy) is 3. The van der Waals surface area contributed by atoms with E-state index in [1.165, 1.54) is 250 Å². The second-order valence-electron chi connectivity index (χ2n) is 22.7. The fourth-order valence-electron chi connectivity index (χ4n) is 10.1. The highest BCUT2D eigenvalue weighted by atomic mass is 16.6. The zero-order valence-corrected chi connectivity index (χ0v) is 51.0. The van der Waals surface area contributed by atoms with Gasteiger partial charge in [0.15, 0.2) is 6.10 Å². The molecule has 0 rings (SSSR count). The van der Waals surface area contributed by atoms with Crippen molar-refractivity contribution in [3.8, 4) is 0 Å². The first-order chi connectivity index (χ1) is 37.5. The Labute approximate surface area is 473 Å². The van der Waals surface area contributed by atoms with Gasteiger partial charge in [-0.1, -0.05) is 345 Å². The minimum absolute atomic E-state index is 0.0901. The van der Waals surface area contributed by atoms with Crippen molar-refractivity contribution in [2.45, 2.75) is 367 Å². The molecule has 0 aromatic heterocycles. The molecule has 0 aromatic rings. The highest BCUT2D eigenvalue weighted by Gasteiger charge is 2.19. The molecular formula is C70H128O6. The Kier molecular flexibility index (Phi) is 62.6. The summed E-state index contributed by atoms with van der Waals surface area (Å²) in [6.07, 6.45) is 81.7. The van der Waals surface area contributed by atoms with Crippen LogP contribution in [0.2, 0.25) is 0 Å². The summed E-state index contributed by atoms with van der Waals surface area (Å²) < 4.78 is 16.9. The van der Waals surface area contributed by atoms with Crippen molar-refractivity contribution in [3.63, 3.8) is 0 Å². The third kappa shape index (κ3) is 62.2. The highest BCUT2D eigenvalue weighted by molar-refractivity contribution is 5.71. The number of allylic oxidation sites excluding steroid dienone is 8. The molecule has 76 heavy (non-hydrogen) atoms. The van der Waals surface area contributed by atoms with Crippen LogP contribution in [0, 0.1) is 0 Å². The summed E-state index contributed by atoms with van der Waals surface area (Å²) in [6.45, 7) is 6.52. The van der Waals surface area contributed by atoms with E-state index >= 15 is 0 Å². The molecule has 0 aliphatic rings. The molecule has 0 N–H and O–H groups in total. The number of unbranched alkanes of at least 4 members (excludes halogenated alkanes) is 43. The molecule has 0 aromatic carbocycles. The molecule has 0 spiro atoms. The van der Waals surface area contributed by atoms with Crippen molar-refractivity contribution in [2.75, 3.05) is 13.2 Å². The molecule has 0 fully saturated rings. The first-order valence-corrected chi connectivity index (χ1v) is 33.6. The van der Waals surface area contributed by atoms with Crippen molar-refractivity contribution in [1.82, 2.24) is 0 Å². The number of esters is 3. The Morgan fingerprint density at radius 3 is 0.803 bits per heavy atom. The smallest absolute Gasteiger partial charge is 0.306 e. The van der Waals surface area contributed by atoms with Gasteiger partial charge in [0.05, 0.1) is 0 Å². The summed E-state index contributed by atoms with van der Waals surface area (Å²) in [5.41, 5.74) is 0. The fraction of sp³-hybridized carbons (Fsp3) is 0.843. The predicted octanol–water partition coefficient (Wildman–Crippen LogP) is 22.9. The quantitative estimate of drug-likeness (QED) is 0.0261. The summed E-state index contributed by atoms with van der Waals surface area (Å²) in [5.74, 6) is -0.953. The van der Waals surface area contributed by atoms with Crippen LogP contribution in [-0.2, 0) is 28.6 Å². The van der Waals surface area contributed by atoms with Crippen molar-refractivity contribution in [2.24, 2.45) is 0 Å². The Morgan fingerprint density at radius 2 is 0.513 bits per heavy atom. The Bertz CT molecular complexity index is 1310. The van der Waals surface area contributed by atoms with E-state index in [-0.39, 0.29) is 37.5 Å². The topological polar surface area (TPSA) is 78.9 Å². The molecule has 0 aliphatic carbocycles. The van der Waals surface area contributed by atoms with Gasteiger partial charge in [0.1, 0.15) is 13.2 Å². The molecular weight excluding hydrogens is 937 g/mol. The molecule has 6 nitrogen and oxygen atoms in total. The number of carbonyl (C=O) groups excluding carboxylic acids is 3. The van der Waals surface area contributed by atoms with E-state index in [0.717, 1.165) is 64.2 Å². The van der Waals surface area contributed by atoms with Gasteiger partial charge in [0, 0.05) is 19.3 Å². The largest absolute Gasteiger partial charge is 0.462 e. The van der Waals surface area contributed by atoms with Crippen LogP contribution in [0.1, 0.15) is 361 Å². The van der Waals surface area contributed by atoms with Gasteiger partial charge in [-0.25, -0.2) is 0 Å². The maximum absolute atomic E-state index is 12.9. The summed E-state index contributed by atoms with van der Waals surface area (Å²) in [4.78, 5) is 38.2. The molecule has 1 unspecified atom stereocenters. The highest BCUT2D eigenvalue weighted by Crippen LogP contribution is 2.18. The first-order valence-electron chi connectivity index (χ1n) is 33.6. The Morgan fingerprint density at radius 1 is 0.276 bits per heavy atom. The van der Waals surface area contributed by atoms with Crippen LogP contribution in [0.25, 0.3) is 0 Å². The van der Waals surface area contributed by atoms with E-state index in [0.29, 0.717) is 19.3 Å². The minimum atomic E-state index is -0.799. The van der Waals surface area contributed by atoms with Crippen LogP contribution < -0.4 is 0 Å². The van der Waals surface area contributed by atoms with Crippen LogP contribution in [-0.4, -0.2) is 37.2 Å². The number of rotatable bonds is 62. The average Bonchev–Trinajstić information content (AvgIpc) is 3.42. The van der Waals surface area contributed by atoms with Crippen LogP contribution in [0.5, 0.6) is 0 Å². The fourth-order valence-corrected chi connectivity index (χ4v) is 10.1. The lowest BCUT2D eigenvalue weighted by Gasteiger charge is -2.18. The SMILES string of the molecule is CC/C=C\C/C=C\C/C=C\C/C=C\CCC(=O)OCC(COC(=O)CCCCCCCCCCCCCCCCCCCCCCCCCCCCCCCC)OC(=O)CCCCCCCCCCCCCCCCC. The van der Waals surface area contributed by atoms with Crippen molar-refractivity contribution in [3.05, 3.63) is 48.6 Å². The van der Waals surface area contributed by atoms with Crippen LogP contribution in [0.3, 0.4) is 0 Å². The van der Waals surface area contributed by atoms with Crippen LogP contribution in [0.4, 0.5) is 0 Å². The molecule has 0 bridgehead atoms. The van der Waals surface area contributed by atoms with Crippen LogP contribution >= 0.6 is 0 Å². The van der Waals surface area contributed by atoms with E-state index in [1.54, 1.807) is 0 Å². The Hall–Kier alpha value is -2.63. The zero-order valence-electron chi connectivity index (χ0n) is 51.0. The number of carbonyl (C=O) groups is 3. The van der Waals surface area contributed by atoms with E-state index in [2.05, 4.69) is 63.3 Å². The normalized spacial score (nSPS) is 12.3. The standard InChI is InChI=1S/C70H128O6/c1-4-7-10-13-16-19-22-25-27-28-29-30-31-32-33-34-35-36-37-38-39-40-41-43-45-48-51-54-57-60-63-69(72)75-66-67(65-74-68(71)62-59-56-53-50-47-44-24-21-18-15-12-9-6-3)76-70(73)64-61-58-55-52-49-46-42-26-23-20-17-14-11-8-5-2/h9,12,18,21,44,47,53,56,67H,4-8,10-11,13-17,19-20,22-43,45-46,48-52,54-55,57-66H2,1-3H3/b12-9-,21-18-,47-44-,56-53-. The summed E-state index contributed by atoms with van der Waals surface area (Å²) in [5, 5.41) is 0. The maximum atomic E-state index is 12.9. The molecule has 0 heterocycles. The summed E-state index contributed by atoms with van der Waals surface area (Å²) in [7, 11) is 0. The second-order valence-corrected chi connectivity index (χ2v) is 22.7. The van der Waals surface area contributed by atoms with Crippen molar-refractivity contribution in [1.29, 1.82) is 0 Å². The van der Waals surface area contributed by atoms with E-state index in [1.807, 2.05) is 6.08 Å². The second kappa shape index (κ2) is 64.9. The van der Waals surface area contributed by atoms with E-state index in [4.69, 9.17) is 14.2 Å². The van der Waals surface area contributed by atoms with Gasteiger partial charge in [-0.05, 0) is 44.9 Å². The maximum Gasteiger partial charge on any atom is 0.306 e. The number of hydrogen-bond acceptors (Lipinski definition) is 6. The number of hydrogen-bond donors (Lipinski definition) is 0. The molecule has 0 saturated heterocycles. The van der Waals surface area contributed by atoms with E-state index in [9.17, 15) is 14.4 Å². The van der Waals surface area contributed by atoms with Crippen molar-refractivity contribution >= 4 is 17.9 Å². The van der Waals surface area contributed by atoms with E-state index < -0.39 is 6.10 Å². The molecule has 0 saturated carbocycles. The molecule has 6 heteroatoms. The molecule has 0 amide bonds. The van der Waals surface area contributed by atoms with Crippen LogP contribution in [0.15, 0.2) is 48.6 Å². The lowest BCUT2D eigenvalue weighted by atomic mass is 10.0. The van der Waals surface area contributed by atoms with Gasteiger partial charge < -0.3 is 14.2 Å².